The molecule has 0 bridgehead atoms. The van der Waals surface area contributed by atoms with Crippen molar-refractivity contribution in [2.45, 2.75) is 43.5 Å². The Morgan fingerprint density at radius 2 is 2.17 bits per heavy atom. The van der Waals surface area contributed by atoms with E-state index in [4.69, 9.17) is 10.5 Å². The van der Waals surface area contributed by atoms with Gasteiger partial charge in [0.25, 0.3) is 0 Å². The van der Waals surface area contributed by atoms with Crippen molar-refractivity contribution in [3.63, 3.8) is 0 Å². The first-order valence-corrected chi connectivity index (χ1v) is 7.26. The molecule has 0 radical (unpaired) electrons. The summed E-state index contributed by atoms with van der Waals surface area (Å²) in [6.07, 6.45) is 3.35. The van der Waals surface area contributed by atoms with Crippen molar-refractivity contribution in [3.8, 4) is 11.5 Å². The highest BCUT2D eigenvalue weighted by atomic mass is 32.2. The van der Waals surface area contributed by atoms with Gasteiger partial charge < -0.3 is 15.6 Å². The maximum absolute atomic E-state index is 9.69. The van der Waals surface area contributed by atoms with E-state index in [9.17, 15) is 5.11 Å². The molecule has 1 rings (SSSR count). The first-order chi connectivity index (χ1) is 8.48. The predicted molar refractivity (Wildman–Crippen MR) is 77.5 cm³/mol. The summed E-state index contributed by atoms with van der Waals surface area (Å²) >= 11 is 1.67. The maximum atomic E-state index is 9.69. The van der Waals surface area contributed by atoms with Crippen LogP contribution in [0, 0.1) is 0 Å². The Kier molecular flexibility index (Phi) is 5.82. The average molecular weight is 269 g/mol. The first-order valence-electron chi connectivity index (χ1n) is 6.27. The van der Waals surface area contributed by atoms with Gasteiger partial charge in [-0.3, -0.25) is 0 Å². The molecule has 0 saturated heterocycles. The van der Waals surface area contributed by atoms with Gasteiger partial charge in [-0.1, -0.05) is 19.8 Å². The summed E-state index contributed by atoms with van der Waals surface area (Å²) in [6.45, 7) is 4.25. The summed E-state index contributed by atoms with van der Waals surface area (Å²) in [7, 11) is 1.55. The van der Waals surface area contributed by atoms with Gasteiger partial charge in [-0.05, 0) is 31.5 Å². The third-order valence-electron chi connectivity index (χ3n) is 2.82. The molecule has 0 spiro atoms. The third kappa shape index (κ3) is 4.78. The number of phenols is 1. The highest BCUT2D eigenvalue weighted by Gasteiger charge is 2.18. The van der Waals surface area contributed by atoms with E-state index in [1.54, 1.807) is 31.0 Å². The van der Waals surface area contributed by atoms with E-state index < -0.39 is 0 Å². The predicted octanol–water partition coefficient (Wildman–Crippen LogP) is 3.40. The lowest BCUT2D eigenvalue weighted by Gasteiger charge is -2.24. The van der Waals surface area contributed by atoms with Crippen LogP contribution >= 0.6 is 11.8 Å². The molecule has 0 aromatic heterocycles. The number of hydrogen-bond acceptors (Lipinski definition) is 4. The molecule has 0 heterocycles. The first kappa shape index (κ1) is 15.2. The Morgan fingerprint density at radius 3 is 2.72 bits per heavy atom. The van der Waals surface area contributed by atoms with Crippen molar-refractivity contribution in [1.29, 1.82) is 0 Å². The lowest BCUT2D eigenvalue weighted by Crippen LogP contribution is -2.38. The molecule has 1 aromatic carbocycles. The van der Waals surface area contributed by atoms with Gasteiger partial charge >= 0.3 is 0 Å². The van der Waals surface area contributed by atoms with Crippen LogP contribution in [0.25, 0.3) is 0 Å². The van der Waals surface area contributed by atoms with Crippen molar-refractivity contribution in [3.05, 3.63) is 18.2 Å². The standard InChI is InChI=1S/C14H23NO2S/c1-4-5-8-14(2,15)10-18-11-6-7-13(17-3)12(16)9-11/h6-7,9,16H,4-5,8,10,15H2,1-3H3/t14-/m1/s1. The molecule has 0 unspecified atom stereocenters. The van der Waals surface area contributed by atoms with Crippen LogP contribution in [0.2, 0.25) is 0 Å². The summed E-state index contributed by atoms with van der Waals surface area (Å²) in [5.74, 6) is 1.52. The molecule has 3 N–H and O–H groups in total. The molecule has 0 saturated carbocycles. The van der Waals surface area contributed by atoms with Gasteiger partial charge in [0.05, 0.1) is 7.11 Å². The highest BCUT2D eigenvalue weighted by molar-refractivity contribution is 7.99. The second-order valence-electron chi connectivity index (χ2n) is 4.88. The van der Waals surface area contributed by atoms with E-state index in [0.717, 1.165) is 23.5 Å². The molecule has 3 nitrogen and oxygen atoms in total. The molecule has 1 atom stereocenters. The lowest BCUT2D eigenvalue weighted by atomic mass is 9.99. The zero-order chi connectivity index (χ0) is 13.6. The van der Waals surface area contributed by atoms with Crippen LogP contribution in [0.15, 0.2) is 23.1 Å². The van der Waals surface area contributed by atoms with E-state index in [1.807, 2.05) is 6.07 Å². The number of benzene rings is 1. The molecule has 0 aliphatic rings. The van der Waals surface area contributed by atoms with Crippen LogP contribution in [0.1, 0.15) is 33.1 Å². The van der Waals surface area contributed by atoms with Crippen molar-refractivity contribution in [1.82, 2.24) is 0 Å². The number of rotatable bonds is 7. The van der Waals surface area contributed by atoms with Crippen LogP contribution in [-0.2, 0) is 0 Å². The molecule has 0 aliphatic heterocycles. The topological polar surface area (TPSA) is 55.5 Å². The number of ether oxygens (including phenoxy) is 1. The normalized spacial score (nSPS) is 14.2. The van der Waals surface area contributed by atoms with Crippen LogP contribution in [0.5, 0.6) is 11.5 Å². The van der Waals surface area contributed by atoms with Crippen LogP contribution in [0.4, 0.5) is 0 Å². The minimum atomic E-state index is -0.157. The van der Waals surface area contributed by atoms with E-state index >= 15 is 0 Å². The van der Waals surface area contributed by atoms with Crippen molar-refractivity contribution in [2.24, 2.45) is 5.73 Å². The highest BCUT2D eigenvalue weighted by Crippen LogP contribution is 2.32. The summed E-state index contributed by atoms with van der Waals surface area (Å²) < 4.78 is 5.01. The number of hydrogen-bond donors (Lipinski definition) is 2. The van der Waals surface area contributed by atoms with Gasteiger partial charge in [0, 0.05) is 16.2 Å². The summed E-state index contributed by atoms with van der Waals surface area (Å²) in [5.41, 5.74) is 6.08. The van der Waals surface area contributed by atoms with Crippen LogP contribution < -0.4 is 10.5 Å². The Balaban J connectivity index is 2.55. The number of nitrogens with two attached hydrogens (primary N) is 1. The molecule has 1 aromatic rings. The number of phenolic OH excluding ortho intramolecular Hbond substituents is 1. The number of unbranched alkanes of at least 4 members (excludes halogenated alkanes) is 1. The molecule has 0 fully saturated rings. The third-order valence-corrected chi connectivity index (χ3v) is 4.21. The second kappa shape index (κ2) is 6.90. The van der Waals surface area contributed by atoms with Gasteiger partial charge in [-0.2, -0.15) is 0 Å². The van der Waals surface area contributed by atoms with E-state index in [-0.39, 0.29) is 11.3 Å². The number of thioether (sulfide) groups is 1. The Bertz CT molecular complexity index is 380. The smallest absolute Gasteiger partial charge is 0.160 e. The monoisotopic (exact) mass is 269 g/mol. The van der Waals surface area contributed by atoms with Gasteiger partial charge in [0.1, 0.15) is 0 Å². The van der Waals surface area contributed by atoms with Crippen molar-refractivity contribution in [2.75, 3.05) is 12.9 Å². The Morgan fingerprint density at radius 1 is 1.44 bits per heavy atom. The van der Waals surface area contributed by atoms with E-state index in [1.165, 1.54) is 6.42 Å². The summed E-state index contributed by atoms with van der Waals surface area (Å²) in [5, 5.41) is 9.69. The van der Waals surface area contributed by atoms with E-state index in [0.29, 0.717) is 5.75 Å². The Hall–Kier alpha value is -0.870. The fraction of sp³-hybridized carbons (Fsp3) is 0.571. The fourth-order valence-electron chi connectivity index (χ4n) is 1.66. The average Bonchev–Trinajstić information content (AvgIpc) is 2.34. The van der Waals surface area contributed by atoms with Crippen LogP contribution in [0.3, 0.4) is 0 Å². The van der Waals surface area contributed by atoms with Crippen LogP contribution in [-0.4, -0.2) is 23.5 Å². The molecule has 4 heteroatoms. The quantitative estimate of drug-likeness (QED) is 0.745. The fourth-order valence-corrected chi connectivity index (χ4v) is 2.66. The molecule has 18 heavy (non-hydrogen) atoms. The zero-order valence-electron chi connectivity index (χ0n) is 11.4. The van der Waals surface area contributed by atoms with Crippen molar-refractivity contribution >= 4 is 11.8 Å². The number of aromatic hydroxyl groups is 1. The molecule has 102 valence electrons. The molecular formula is C14H23NO2S. The maximum Gasteiger partial charge on any atom is 0.160 e. The molecule has 0 aliphatic carbocycles. The summed E-state index contributed by atoms with van der Waals surface area (Å²) in [6, 6.07) is 5.44. The molecular weight excluding hydrogens is 246 g/mol. The van der Waals surface area contributed by atoms with Gasteiger partial charge in [-0.25, -0.2) is 0 Å². The minimum absolute atomic E-state index is 0.157. The lowest BCUT2D eigenvalue weighted by molar-refractivity contribution is 0.372. The van der Waals surface area contributed by atoms with Gasteiger partial charge in [0.2, 0.25) is 0 Å². The zero-order valence-corrected chi connectivity index (χ0v) is 12.2. The summed E-state index contributed by atoms with van der Waals surface area (Å²) in [4.78, 5) is 1.02. The van der Waals surface area contributed by atoms with E-state index in [2.05, 4.69) is 13.8 Å². The second-order valence-corrected chi connectivity index (χ2v) is 5.93. The molecule has 0 amide bonds. The largest absolute Gasteiger partial charge is 0.504 e. The van der Waals surface area contributed by atoms with Gasteiger partial charge in [0.15, 0.2) is 11.5 Å². The number of methoxy groups -OCH3 is 1. The minimum Gasteiger partial charge on any atom is -0.504 e. The Labute approximate surface area is 114 Å². The SMILES string of the molecule is CCCC[C@@](C)(N)CSc1ccc(OC)c(O)c1. The van der Waals surface area contributed by atoms with Crippen molar-refractivity contribution < 1.29 is 9.84 Å². The van der Waals surface area contributed by atoms with Gasteiger partial charge in [-0.15, -0.1) is 11.8 Å².